The molecule has 3 atom stereocenters. The second-order valence-corrected chi connectivity index (χ2v) is 10.2. The number of alkyl halides is 1. The number of nitrogens with one attached hydrogen (secondary N) is 1. The van der Waals surface area contributed by atoms with Gasteiger partial charge in [-0.1, -0.05) is 22.6 Å². The molecule has 156 valence electrons. The van der Waals surface area contributed by atoms with Crippen LogP contribution < -0.4 is 5.32 Å². The molecule has 1 saturated heterocycles. The zero-order valence-corrected chi connectivity index (χ0v) is 22.3. The summed E-state index contributed by atoms with van der Waals surface area (Å²) in [5.41, 5.74) is -0.714. The monoisotopic (exact) mass is 731 g/mol. The summed E-state index contributed by atoms with van der Waals surface area (Å²) in [5.74, 6) is -1.92. The van der Waals surface area contributed by atoms with Crippen LogP contribution in [0.1, 0.15) is 34.6 Å². The zero-order chi connectivity index (χ0) is 21.4. The molecule has 1 aliphatic carbocycles. The molecule has 0 aromatic heterocycles. The SMILES string of the molecule is CC(=O)OC1=C(I)C(NC(=O)C2COC(C)(C)O2)=C(I)C(C)(OC(C)=O)C1I. The first-order valence-corrected chi connectivity index (χ1v) is 11.6. The molecular weight excluding hydrogens is 711 g/mol. The first kappa shape index (κ1) is 24.3. The van der Waals surface area contributed by atoms with Crippen molar-refractivity contribution in [3.05, 3.63) is 18.6 Å². The molecule has 0 saturated carbocycles. The van der Waals surface area contributed by atoms with Gasteiger partial charge < -0.3 is 24.3 Å². The van der Waals surface area contributed by atoms with E-state index >= 15 is 0 Å². The summed E-state index contributed by atoms with van der Waals surface area (Å²) in [4.78, 5) is 36.1. The number of carbonyl (C=O) groups is 3. The van der Waals surface area contributed by atoms with Gasteiger partial charge in [0.25, 0.3) is 5.91 Å². The summed E-state index contributed by atoms with van der Waals surface area (Å²) in [6.45, 7) is 7.88. The average molecular weight is 731 g/mol. The smallest absolute Gasteiger partial charge is 0.307 e. The van der Waals surface area contributed by atoms with Crippen molar-refractivity contribution in [2.45, 2.75) is 56.0 Å². The molecule has 1 heterocycles. The molecule has 0 aromatic carbocycles. The van der Waals surface area contributed by atoms with Crippen LogP contribution in [0.5, 0.6) is 0 Å². The normalized spacial score (nSPS) is 29.6. The largest absolute Gasteiger partial charge is 0.452 e. The molecule has 2 rings (SSSR count). The molecule has 1 aliphatic heterocycles. The number of esters is 2. The number of hydrogen-bond donors (Lipinski definition) is 1. The van der Waals surface area contributed by atoms with Gasteiger partial charge in [0.15, 0.2) is 17.5 Å². The van der Waals surface area contributed by atoms with E-state index in [1.54, 1.807) is 20.8 Å². The molecule has 0 aromatic rings. The van der Waals surface area contributed by atoms with E-state index in [2.05, 4.69) is 27.9 Å². The van der Waals surface area contributed by atoms with Crippen LogP contribution in [-0.4, -0.2) is 45.9 Å². The Bertz CT molecular complexity index is 777. The summed E-state index contributed by atoms with van der Waals surface area (Å²) in [6.07, 6.45) is -0.787. The zero-order valence-electron chi connectivity index (χ0n) is 15.9. The van der Waals surface area contributed by atoms with Crippen molar-refractivity contribution in [1.82, 2.24) is 5.32 Å². The number of hydrogen-bond acceptors (Lipinski definition) is 7. The minimum absolute atomic E-state index is 0.121. The standard InChI is InChI=1S/C17H20I3NO7/c1-7(22)26-12-10(18)11(13(19)17(5,14(12)20)27-8(2)23)21-15(24)9-6-25-16(3,4)28-9/h9,14H,6H2,1-5H3,(H,21,24). The second kappa shape index (κ2) is 9.01. The average Bonchev–Trinajstić information content (AvgIpc) is 2.93. The van der Waals surface area contributed by atoms with Crippen LogP contribution in [0.4, 0.5) is 0 Å². The fourth-order valence-corrected chi connectivity index (χ4v) is 6.95. The quantitative estimate of drug-likeness (QED) is 0.270. The van der Waals surface area contributed by atoms with E-state index < -0.39 is 39.3 Å². The van der Waals surface area contributed by atoms with E-state index in [4.69, 9.17) is 18.9 Å². The van der Waals surface area contributed by atoms with Crippen LogP contribution in [0, 0.1) is 0 Å². The van der Waals surface area contributed by atoms with Crippen molar-refractivity contribution in [3.8, 4) is 0 Å². The van der Waals surface area contributed by atoms with Gasteiger partial charge in [0.1, 0.15) is 9.68 Å². The number of amides is 1. The third-order valence-electron chi connectivity index (χ3n) is 3.96. The van der Waals surface area contributed by atoms with Crippen LogP contribution in [0.15, 0.2) is 18.6 Å². The Kier molecular flexibility index (Phi) is 7.81. The van der Waals surface area contributed by atoms with Gasteiger partial charge in [0, 0.05) is 13.8 Å². The Balaban J connectivity index is 2.44. The fraction of sp³-hybridized carbons (Fsp3) is 0.588. The van der Waals surface area contributed by atoms with E-state index in [0.29, 0.717) is 18.6 Å². The summed E-state index contributed by atoms with van der Waals surface area (Å²) < 4.78 is 22.7. The highest BCUT2D eigenvalue weighted by Crippen LogP contribution is 2.48. The number of allylic oxidation sites excluding steroid dienone is 1. The predicted octanol–water partition coefficient (Wildman–Crippen LogP) is 3.25. The molecular formula is C17H20I3NO7. The lowest BCUT2D eigenvalue weighted by molar-refractivity contribution is -0.153. The van der Waals surface area contributed by atoms with Crippen LogP contribution in [0.2, 0.25) is 0 Å². The van der Waals surface area contributed by atoms with E-state index in [-0.39, 0.29) is 6.61 Å². The number of ether oxygens (including phenoxy) is 4. The maximum Gasteiger partial charge on any atom is 0.307 e. The summed E-state index contributed by atoms with van der Waals surface area (Å²) >= 11 is 6.11. The van der Waals surface area contributed by atoms with Crippen LogP contribution >= 0.6 is 67.8 Å². The lowest BCUT2D eigenvalue weighted by atomic mass is 9.93. The maximum absolute atomic E-state index is 12.7. The topological polar surface area (TPSA) is 100 Å². The van der Waals surface area contributed by atoms with Crippen LogP contribution in [-0.2, 0) is 33.3 Å². The van der Waals surface area contributed by atoms with E-state index in [1.165, 1.54) is 13.8 Å². The summed E-state index contributed by atoms with van der Waals surface area (Å²) in [6, 6.07) is 0. The van der Waals surface area contributed by atoms with Crippen molar-refractivity contribution < 1.29 is 33.3 Å². The molecule has 0 radical (unpaired) electrons. The molecule has 1 fully saturated rings. The molecule has 28 heavy (non-hydrogen) atoms. The van der Waals surface area contributed by atoms with E-state index in [1.807, 2.05) is 45.2 Å². The highest BCUT2D eigenvalue weighted by atomic mass is 127. The van der Waals surface area contributed by atoms with E-state index in [9.17, 15) is 14.4 Å². The second-order valence-electron chi connectivity index (χ2n) is 6.83. The minimum atomic E-state index is -1.12. The molecule has 1 amide bonds. The van der Waals surface area contributed by atoms with Crippen molar-refractivity contribution >= 4 is 85.6 Å². The predicted molar refractivity (Wildman–Crippen MR) is 125 cm³/mol. The Morgan fingerprint density at radius 1 is 1.14 bits per heavy atom. The third kappa shape index (κ3) is 5.18. The highest BCUT2D eigenvalue weighted by Gasteiger charge is 2.49. The molecule has 3 unspecified atom stereocenters. The van der Waals surface area contributed by atoms with Crippen molar-refractivity contribution in [3.63, 3.8) is 0 Å². The third-order valence-corrected chi connectivity index (χ3v) is 8.40. The Morgan fingerprint density at radius 2 is 1.75 bits per heavy atom. The van der Waals surface area contributed by atoms with Gasteiger partial charge >= 0.3 is 11.9 Å². The van der Waals surface area contributed by atoms with Gasteiger partial charge in [-0.05, 0) is 66.0 Å². The Labute approximate surface area is 203 Å². The Hall–Kier alpha value is 0. The fourth-order valence-electron chi connectivity index (χ4n) is 2.72. The van der Waals surface area contributed by atoms with Crippen molar-refractivity contribution in [2.75, 3.05) is 6.61 Å². The van der Waals surface area contributed by atoms with Gasteiger partial charge in [-0.25, -0.2) is 0 Å². The summed E-state index contributed by atoms with van der Waals surface area (Å²) in [5, 5.41) is 2.83. The number of halogens is 3. The lowest BCUT2D eigenvalue weighted by Gasteiger charge is -2.39. The lowest BCUT2D eigenvalue weighted by Crippen LogP contribution is -2.48. The Morgan fingerprint density at radius 3 is 2.21 bits per heavy atom. The molecule has 11 heteroatoms. The van der Waals surface area contributed by atoms with Gasteiger partial charge in [-0.2, -0.15) is 0 Å². The molecule has 2 aliphatic rings. The molecule has 8 nitrogen and oxygen atoms in total. The van der Waals surface area contributed by atoms with Crippen molar-refractivity contribution in [1.29, 1.82) is 0 Å². The van der Waals surface area contributed by atoms with Gasteiger partial charge in [0.2, 0.25) is 0 Å². The maximum atomic E-state index is 12.7. The van der Waals surface area contributed by atoms with Gasteiger partial charge in [-0.3, -0.25) is 14.4 Å². The van der Waals surface area contributed by atoms with Gasteiger partial charge in [-0.15, -0.1) is 0 Å². The molecule has 0 spiro atoms. The van der Waals surface area contributed by atoms with Gasteiger partial charge in [0.05, 0.1) is 19.5 Å². The first-order chi connectivity index (χ1) is 12.8. The van der Waals surface area contributed by atoms with Crippen LogP contribution in [0.3, 0.4) is 0 Å². The minimum Gasteiger partial charge on any atom is -0.452 e. The van der Waals surface area contributed by atoms with Crippen LogP contribution in [0.25, 0.3) is 0 Å². The number of rotatable bonds is 4. The van der Waals surface area contributed by atoms with Crippen molar-refractivity contribution in [2.24, 2.45) is 0 Å². The molecule has 1 N–H and O–H groups in total. The number of carbonyl (C=O) groups excluding carboxylic acids is 3. The highest BCUT2D eigenvalue weighted by molar-refractivity contribution is 14.1. The summed E-state index contributed by atoms with van der Waals surface area (Å²) in [7, 11) is 0. The molecule has 0 bridgehead atoms. The van der Waals surface area contributed by atoms with E-state index in [0.717, 1.165) is 0 Å². The first-order valence-electron chi connectivity index (χ1n) is 8.23.